The van der Waals surface area contributed by atoms with Gasteiger partial charge in [-0.3, -0.25) is 18.2 Å². The Kier molecular flexibility index (Phi) is 5.66. The van der Waals surface area contributed by atoms with Crippen LogP contribution in [-0.4, -0.2) is 36.3 Å². The minimum atomic E-state index is -3.78. The number of amides is 1. The predicted octanol–water partition coefficient (Wildman–Crippen LogP) is 2.59. The molecule has 0 spiro atoms. The molecule has 1 N–H and O–H groups in total. The number of hydrogen-bond acceptors (Lipinski definition) is 4. The second kappa shape index (κ2) is 7.74. The molecule has 0 saturated carbocycles. The number of anilines is 2. The standard InChI is InChI=1S/C18H18Cl2N4O4S/c1-22-15-5-4-13(9-16(15)23(2)18(22)26)21-17(25)10-24(29(3,27)28)14-7-11(19)6-12(20)8-14/h4-9H,10H2,1-3H3,(H,21,25). The first-order valence-electron chi connectivity index (χ1n) is 8.36. The average Bonchev–Trinajstić information content (AvgIpc) is 2.82. The van der Waals surface area contributed by atoms with Gasteiger partial charge in [-0.1, -0.05) is 23.2 Å². The highest BCUT2D eigenvalue weighted by atomic mass is 35.5. The highest BCUT2D eigenvalue weighted by molar-refractivity contribution is 7.92. The van der Waals surface area contributed by atoms with Crippen molar-refractivity contribution in [3.63, 3.8) is 0 Å². The third kappa shape index (κ3) is 4.42. The summed E-state index contributed by atoms with van der Waals surface area (Å²) >= 11 is 11.9. The zero-order chi connectivity index (χ0) is 21.5. The summed E-state index contributed by atoms with van der Waals surface area (Å²) in [7, 11) is -0.491. The molecule has 0 atom stereocenters. The maximum Gasteiger partial charge on any atom is 0.328 e. The van der Waals surface area contributed by atoms with Crippen LogP contribution in [0.1, 0.15) is 0 Å². The van der Waals surface area contributed by atoms with E-state index in [-0.39, 0.29) is 21.4 Å². The van der Waals surface area contributed by atoms with Crippen LogP contribution in [0.25, 0.3) is 11.0 Å². The molecule has 0 aliphatic heterocycles. The third-order valence-electron chi connectivity index (χ3n) is 4.38. The molecule has 0 radical (unpaired) electrons. The fourth-order valence-corrected chi connectivity index (χ4v) is 4.35. The fraction of sp³-hybridized carbons (Fsp3) is 0.222. The number of sulfonamides is 1. The van der Waals surface area contributed by atoms with E-state index in [1.54, 1.807) is 32.3 Å². The molecule has 3 aromatic rings. The van der Waals surface area contributed by atoms with Crippen LogP contribution >= 0.6 is 23.2 Å². The molecule has 0 aliphatic rings. The number of nitrogens with one attached hydrogen (secondary N) is 1. The first-order chi connectivity index (χ1) is 13.5. The maximum atomic E-state index is 12.5. The summed E-state index contributed by atoms with van der Waals surface area (Å²) in [4.78, 5) is 24.6. The van der Waals surface area contributed by atoms with Crippen molar-refractivity contribution in [3.8, 4) is 0 Å². The van der Waals surface area contributed by atoms with Crippen molar-refractivity contribution in [2.45, 2.75) is 0 Å². The van der Waals surface area contributed by atoms with Crippen LogP contribution in [0.5, 0.6) is 0 Å². The largest absolute Gasteiger partial charge is 0.328 e. The molecule has 8 nitrogen and oxygen atoms in total. The molecule has 0 aliphatic carbocycles. The molecule has 2 aromatic carbocycles. The lowest BCUT2D eigenvalue weighted by atomic mass is 10.2. The van der Waals surface area contributed by atoms with E-state index in [4.69, 9.17) is 23.2 Å². The van der Waals surface area contributed by atoms with Crippen LogP contribution in [0.4, 0.5) is 11.4 Å². The molecular weight excluding hydrogens is 439 g/mol. The van der Waals surface area contributed by atoms with Crippen molar-refractivity contribution in [2.24, 2.45) is 14.1 Å². The lowest BCUT2D eigenvalue weighted by Gasteiger charge is -2.22. The van der Waals surface area contributed by atoms with Gasteiger partial charge in [-0.05, 0) is 36.4 Å². The second-order valence-electron chi connectivity index (χ2n) is 6.55. The van der Waals surface area contributed by atoms with Crippen LogP contribution < -0.4 is 15.3 Å². The molecule has 154 valence electrons. The predicted molar refractivity (Wildman–Crippen MR) is 115 cm³/mol. The van der Waals surface area contributed by atoms with E-state index in [9.17, 15) is 18.0 Å². The van der Waals surface area contributed by atoms with Crippen LogP contribution in [0.15, 0.2) is 41.2 Å². The van der Waals surface area contributed by atoms with Crippen molar-refractivity contribution in [2.75, 3.05) is 22.4 Å². The highest BCUT2D eigenvalue weighted by Gasteiger charge is 2.22. The molecule has 3 rings (SSSR count). The average molecular weight is 457 g/mol. The number of rotatable bonds is 5. The zero-order valence-corrected chi connectivity index (χ0v) is 18.1. The van der Waals surface area contributed by atoms with Crippen LogP contribution in [0.2, 0.25) is 10.0 Å². The Hall–Kier alpha value is -2.49. The Labute approximate surface area is 177 Å². The van der Waals surface area contributed by atoms with Crippen molar-refractivity contribution in [3.05, 3.63) is 56.9 Å². The van der Waals surface area contributed by atoms with Gasteiger partial charge in [0, 0.05) is 29.8 Å². The third-order valence-corrected chi connectivity index (χ3v) is 5.96. The summed E-state index contributed by atoms with van der Waals surface area (Å²) in [6, 6.07) is 9.28. The molecule has 1 aromatic heterocycles. The highest BCUT2D eigenvalue weighted by Crippen LogP contribution is 2.27. The molecule has 0 saturated heterocycles. The Bertz CT molecular complexity index is 1260. The Balaban J connectivity index is 1.88. The number of aryl methyl sites for hydroxylation is 2. The lowest BCUT2D eigenvalue weighted by Crippen LogP contribution is -2.37. The number of imidazole rings is 1. The number of hydrogen-bond donors (Lipinski definition) is 1. The molecule has 29 heavy (non-hydrogen) atoms. The normalized spacial score (nSPS) is 11.6. The van der Waals surface area contributed by atoms with Gasteiger partial charge in [0.2, 0.25) is 15.9 Å². The smallest absolute Gasteiger partial charge is 0.324 e. The van der Waals surface area contributed by atoms with E-state index in [1.807, 2.05) is 0 Å². The Morgan fingerprint density at radius 1 is 1.03 bits per heavy atom. The van der Waals surface area contributed by atoms with Crippen LogP contribution in [0, 0.1) is 0 Å². The van der Waals surface area contributed by atoms with E-state index in [0.29, 0.717) is 16.7 Å². The quantitative estimate of drug-likeness (QED) is 0.638. The van der Waals surface area contributed by atoms with Gasteiger partial charge in [0.25, 0.3) is 0 Å². The summed E-state index contributed by atoms with van der Waals surface area (Å²) in [5, 5.41) is 3.15. The van der Waals surface area contributed by atoms with Crippen molar-refractivity contribution in [1.82, 2.24) is 9.13 Å². The summed E-state index contributed by atoms with van der Waals surface area (Å²) < 4.78 is 28.3. The van der Waals surface area contributed by atoms with Gasteiger partial charge in [-0.2, -0.15) is 0 Å². The number of carbonyl (C=O) groups excluding carboxylic acids is 1. The van der Waals surface area contributed by atoms with Gasteiger partial charge < -0.3 is 5.32 Å². The molecule has 11 heteroatoms. The van der Waals surface area contributed by atoms with E-state index < -0.39 is 22.5 Å². The summed E-state index contributed by atoms with van der Waals surface area (Å²) in [5.74, 6) is -0.563. The number of fused-ring (bicyclic) bond motifs is 1. The second-order valence-corrected chi connectivity index (χ2v) is 9.33. The zero-order valence-electron chi connectivity index (χ0n) is 15.8. The summed E-state index contributed by atoms with van der Waals surface area (Å²) in [6.45, 7) is -0.471. The monoisotopic (exact) mass is 456 g/mol. The van der Waals surface area contributed by atoms with Gasteiger partial charge in [-0.25, -0.2) is 13.2 Å². The first kappa shape index (κ1) is 21.2. The minimum Gasteiger partial charge on any atom is -0.324 e. The fourth-order valence-electron chi connectivity index (χ4n) is 3.00. The summed E-state index contributed by atoms with van der Waals surface area (Å²) in [5.41, 5.74) is 1.77. The number of nitrogens with zero attached hydrogens (tertiary/aromatic N) is 3. The molecule has 1 heterocycles. The van der Waals surface area contributed by atoms with E-state index >= 15 is 0 Å². The molecular formula is C18H18Cl2N4O4S. The van der Waals surface area contributed by atoms with Crippen molar-refractivity contribution in [1.29, 1.82) is 0 Å². The SMILES string of the molecule is Cn1c(=O)n(C)c2cc(NC(=O)CN(c3cc(Cl)cc(Cl)c3)S(C)(=O)=O)ccc21. The van der Waals surface area contributed by atoms with Crippen molar-refractivity contribution < 1.29 is 13.2 Å². The van der Waals surface area contributed by atoms with Gasteiger partial charge in [0.1, 0.15) is 6.54 Å². The van der Waals surface area contributed by atoms with Crippen LogP contribution in [0.3, 0.4) is 0 Å². The molecule has 0 fully saturated rings. The van der Waals surface area contributed by atoms with E-state index in [1.165, 1.54) is 27.3 Å². The number of aromatic nitrogens is 2. The number of benzene rings is 2. The molecule has 0 unspecified atom stereocenters. The minimum absolute atomic E-state index is 0.182. The summed E-state index contributed by atoms with van der Waals surface area (Å²) in [6.07, 6.45) is 0.987. The number of halogens is 2. The maximum absolute atomic E-state index is 12.5. The lowest BCUT2D eigenvalue weighted by molar-refractivity contribution is -0.114. The van der Waals surface area contributed by atoms with E-state index in [2.05, 4.69) is 5.32 Å². The van der Waals surface area contributed by atoms with Gasteiger partial charge >= 0.3 is 5.69 Å². The Morgan fingerprint density at radius 2 is 1.62 bits per heavy atom. The van der Waals surface area contributed by atoms with E-state index in [0.717, 1.165) is 10.6 Å². The van der Waals surface area contributed by atoms with Crippen molar-refractivity contribution >= 4 is 61.5 Å². The van der Waals surface area contributed by atoms with Crippen LogP contribution in [-0.2, 0) is 28.9 Å². The van der Waals surface area contributed by atoms with Gasteiger partial charge in [-0.15, -0.1) is 0 Å². The van der Waals surface area contributed by atoms with Gasteiger partial charge in [0.05, 0.1) is 23.0 Å². The Morgan fingerprint density at radius 3 is 2.21 bits per heavy atom. The van der Waals surface area contributed by atoms with Gasteiger partial charge in [0.15, 0.2) is 0 Å². The topological polar surface area (TPSA) is 93.4 Å². The molecule has 1 amide bonds. The number of carbonyl (C=O) groups is 1. The molecule has 0 bridgehead atoms. The first-order valence-corrected chi connectivity index (χ1v) is 11.0.